The molecule has 0 amide bonds. The number of methoxy groups -OCH3 is 2. The summed E-state index contributed by atoms with van der Waals surface area (Å²) in [6.45, 7) is 5.23. The number of likely N-dealkylation sites (tertiary alicyclic amines) is 1. The predicted molar refractivity (Wildman–Crippen MR) is 77.3 cm³/mol. The first-order valence-corrected chi connectivity index (χ1v) is 6.81. The summed E-state index contributed by atoms with van der Waals surface area (Å²) in [6.07, 6.45) is 1.50. The van der Waals surface area contributed by atoms with Crippen molar-refractivity contribution in [1.82, 2.24) is 4.90 Å². The van der Waals surface area contributed by atoms with Crippen molar-refractivity contribution in [2.45, 2.75) is 26.0 Å². The van der Waals surface area contributed by atoms with E-state index in [9.17, 15) is 0 Å². The molecule has 2 unspecified atom stereocenters. The Hall–Kier alpha value is -1.26. The van der Waals surface area contributed by atoms with E-state index in [1.54, 1.807) is 14.2 Å². The molecule has 2 atom stereocenters. The molecule has 2 rings (SSSR count). The van der Waals surface area contributed by atoms with Crippen LogP contribution in [0.1, 0.15) is 18.9 Å². The van der Waals surface area contributed by atoms with Crippen LogP contribution in [0.3, 0.4) is 0 Å². The second kappa shape index (κ2) is 6.26. The van der Waals surface area contributed by atoms with Gasteiger partial charge in [0, 0.05) is 37.5 Å². The van der Waals surface area contributed by atoms with Crippen molar-refractivity contribution in [2.75, 3.05) is 33.0 Å². The molecule has 0 spiro atoms. The lowest BCUT2D eigenvalue weighted by molar-refractivity contribution is -0.00761. The average molecular weight is 264 g/mol. The van der Waals surface area contributed by atoms with E-state index in [-0.39, 0.29) is 0 Å². The number of hydrogen-bond donors (Lipinski definition) is 1. The van der Waals surface area contributed by atoms with Gasteiger partial charge in [0.2, 0.25) is 0 Å². The highest BCUT2D eigenvalue weighted by molar-refractivity contribution is 5.48. The summed E-state index contributed by atoms with van der Waals surface area (Å²) in [5, 5.41) is 0. The van der Waals surface area contributed by atoms with E-state index in [1.807, 2.05) is 18.2 Å². The van der Waals surface area contributed by atoms with Gasteiger partial charge in [-0.1, -0.05) is 13.0 Å². The molecular weight excluding hydrogens is 240 g/mol. The standard InChI is InChI=1S/C15H24N2O2/c1-11-6-7-17(10-15(11)19-3)9-12-4-5-13(16)8-14(12)18-2/h4-5,8,11,15H,6-7,9-10,16H2,1-3H3. The number of rotatable bonds is 4. The molecule has 0 saturated carbocycles. The van der Waals surface area contributed by atoms with Crippen molar-refractivity contribution in [3.8, 4) is 5.75 Å². The third kappa shape index (κ3) is 3.39. The van der Waals surface area contributed by atoms with E-state index in [2.05, 4.69) is 11.8 Å². The largest absolute Gasteiger partial charge is 0.496 e. The summed E-state index contributed by atoms with van der Waals surface area (Å²) in [4.78, 5) is 2.42. The van der Waals surface area contributed by atoms with Crippen LogP contribution in [0.15, 0.2) is 18.2 Å². The van der Waals surface area contributed by atoms with Crippen molar-refractivity contribution in [2.24, 2.45) is 5.92 Å². The highest BCUT2D eigenvalue weighted by Crippen LogP contribution is 2.26. The van der Waals surface area contributed by atoms with E-state index in [4.69, 9.17) is 15.2 Å². The summed E-state index contributed by atoms with van der Waals surface area (Å²) in [5.41, 5.74) is 7.70. The maximum atomic E-state index is 5.78. The van der Waals surface area contributed by atoms with Gasteiger partial charge in [0.05, 0.1) is 13.2 Å². The Morgan fingerprint density at radius 3 is 2.84 bits per heavy atom. The molecular formula is C15H24N2O2. The second-order valence-corrected chi connectivity index (χ2v) is 5.35. The number of nitrogens with two attached hydrogens (primary N) is 1. The first-order chi connectivity index (χ1) is 9.13. The van der Waals surface area contributed by atoms with Gasteiger partial charge in [-0.3, -0.25) is 4.90 Å². The lowest BCUT2D eigenvalue weighted by Gasteiger charge is -2.36. The van der Waals surface area contributed by atoms with Gasteiger partial charge in [-0.2, -0.15) is 0 Å². The third-order valence-electron chi connectivity index (χ3n) is 3.98. The van der Waals surface area contributed by atoms with Crippen LogP contribution in [0.5, 0.6) is 5.75 Å². The van der Waals surface area contributed by atoms with Gasteiger partial charge < -0.3 is 15.2 Å². The zero-order valence-corrected chi connectivity index (χ0v) is 12.1. The second-order valence-electron chi connectivity index (χ2n) is 5.35. The highest BCUT2D eigenvalue weighted by Gasteiger charge is 2.26. The zero-order valence-electron chi connectivity index (χ0n) is 12.1. The first kappa shape index (κ1) is 14.2. The smallest absolute Gasteiger partial charge is 0.125 e. The zero-order chi connectivity index (χ0) is 13.8. The van der Waals surface area contributed by atoms with E-state index >= 15 is 0 Å². The van der Waals surface area contributed by atoms with Crippen LogP contribution in [-0.2, 0) is 11.3 Å². The Bertz CT molecular complexity index is 423. The number of anilines is 1. The van der Waals surface area contributed by atoms with E-state index < -0.39 is 0 Å². The van der Waals surface area contributed by atoms with Crippen LogP contribution in [-0.4, -0.2) is 38.3 Å². The molecule has 1 fully saturated rings. The van der Waals surface area contributed by atoms with E-state index in [0.29, 0.717) is 12.0 Å². The lowest BCUT2D eigenvalue weighted by Crippen LogP contribution is -2.43. The van der Waals surface area contributed by atoms with Crippen LogP contribution in [0.2, 0.25) is 0 Å². The maximum Gasteiger partial charge on any atom is 0.125 e. The normalized spacial score (nSPS) is 24.4. The number of benzene rings is 1. The van der Waals surface area contributed by atoms with Crippen LogP contribution < -0.4 is 10.5 Å². The summed E-state index contributed by atoms with van der Waals surface area (Å²) < 4.78 is 11.0. The molecule has 4 heteroatoms. The van der Waals surface area contributed by atoms with Crippen LogP contribution in [0.25, 0.3) is 0 Å². The number of ether oxygens (including phenoxy) is 2. The molecule has 4 nitrogen and oxygen atoms in total. The van der Waals surface area contributed by atoms with E-state index in [1.165, 1.54) is 12.0 Å². The van der Waals surface area contributed by atoms with Crippen molar-refractivity contribution in [1.29, 1.82) is 0 Å². The third-order valence-corrected chi connectivity index (χ3v) is 3.98. The predicted octanol–water partition coefficient (Wildman–Crippen LogP) is 2.13. The van der Waals surface area contributed by atoms with Crippen LogP contribution >= 0.6 is 0 Å². The Labute approximate surface area is 115 Å². The molecule has 1 saturated heterocycles. The minimum atomic E-state index is 0.327. The van der Waals surface area contributed by atoms with E-state index in [0.717, 1.165) is 31.1 Å². The van der Waals surface area contributed by atoms with Gasteiger partial charge in [-0.05, 0) is 24.9 Å². The van der Waals surface area contributed by atoms with Crippen molar-refractivity contribution in [3.05, 3.63) is 23.8 Å². The Kier molecular flexibility index (Phi) is 4.66. The van der Waals surface area contributed by atoms with Gasteiger partial charge in [-0.25, -0.2) is 0 Å². The fourth-order valence-electron chi connectivity index (χ4n) is 2.68. The number of nitrogens with zero attached hydrogens (tertiary/aromatic N) is 1. The van der Waals surface area contributed by atoms with Crippen molar-refractivity contribution < 1.29 is 9.47 Å². The topological polar surface area (TPSA) is 47.7 Å². The molecule has 106 valence electrons. The summed E-state index contributed by atoms with van der Waals surface area (Å²) in [5.74, 6) is 1.50. The number of hydrogen-bond acceptors (Lipinski definition) is 4. The minimum absolute atomic E-state index is 0.327. The fraction of sp³-hybridized carbons (Fsp3) is 0.600. The first-order valence-electron chi connectivity index (χ1n) is 6.81. The molecule has 2 N–H and O–H groups in total. The van der Waals surface area contributed by atoms with Crippen molar-refractivity contribution in [3.63, 3.8) is 0 Å². The summed E-state index contributed by atoms with van der Waals surface area (Å²) in [7, 11) is 3.49. The fourth-order valence-corrected chi connectivity index (χ4v) is 2.68. The Balaban J connectivity index is 2.05. The monoisotopic (exact) mass is 264 g/mol. The summed E-state index contributed by atoms with van der Waals surface area (Å²) >= 11 is 0. The molecule has 1 aliphatic rings. The SMILES string of the molecule is COc1cc(N)ccc1CN1CCC(C)C(OC)C1. The molecule has 1 aromatic rings. The van der Waals surface area contributed by atoms with Crippen molar-refractivity contribution >= 4 is 5.69 Å². The maximum absolute atomic E-state index is 5.78. The molecule has 0 bridgehead atoms. The molecule has 0 aliphatic carbocycles. The average Bonchev–Trinajstić information content (AvgIpc) is 2.42. The molecule has 1 heterocycles. The number of piperidine rings is 1. The van der Waals surface area contributed by atoms with Crippen LogP contribution in [0.4, 0.5) is 5.69 Å². The number of nitrogen functional groups attached to an aromatic ring is 1. The van der Waals surface area contributed by atoms with Gasteiger partial charge in [0.15, 0.2) is 0 Å². The Morgan fingerprint density at radius 2 is 2.16 bits per heavy atom. The summed E-state index contributed by atoms with van der Waals surface area (Å²) in [6, 6.07) is 5.86. The highest BCUT2D eigenvalue weighted by atomic mass is 16.5. The molecule has 0 radical (unpaired) electrons. The van der Waals surface area contributed by atoms with Gasteiger partial charge in [-0.15, -0.1) is 0 Å². The quantitative estimate of drug-likeness (QED) is 0.846. The van der Waals surface area contributed by atoms with Gasteiger partial charge in [0.1, 0.15) is 5.75 Å². The molecule has 19 heavy (non-hydrogen) atoms. The lowest BCUT2D eigenvalue weighted by atomic mass is 9.95. The molecule has 1 aliphatic heterocycles. The van der Waals surface area contributed by atoms with Gasteiger partial charge in [0.25, 0.3) is 0 Å². The minimum Gasteiger partial charge on any atom is -0.496 e. The molecule has 0 aromatic heterocycles. The Morgan fingerprint density at radius 1 is 1.37 bits per heavy atom. The van der Waals surface area contributed by atoms with Gasteiger partial charge >= 0.3 is 0 Å². The molecule has 1 aromatic carbocycles. The van der Waals surface area contributed by atoms with Crippen LogP contribution in [0, 0.1) is 5.92 Å².